The zero-order valence-electron chi connectivity index (χ0n) is 6.42. The van der Waals surface area contributed by atoms with Gasteiger partial charge in [-0.2, -0.15) is 25.3 Å². The monoisotopic (exact) mass is 180 g/mol. The van der Waals surface area contributed by atoms with Gasteiger partial charge in [-0.25, -0.2) is 0 Å². The third-order valence-corrected chi connectivity index (χ3v) is 1.76. The van der Waals surface area contributed by atoms with E-state index in [2.05, 4.69) is 32.2 Å². The highest BCUT2D eigenvalue weighted by Gasteiger charge is 1.99. The van der Waals surface area contributed by atoms with E-state index in [0.29, 0.717) is 5.25 Å². The molecule has 0 aliphatic carbocycles. The largest absolute Gasteiger partial charge is 0.379 e. The van der Waals surface area contributed by atoms with Gasteiger partial charge in [-0.1, -0.05) is 13.3 Å². The number of hydrogen-bond donors (Lipinski definition) is 2. The number of ether oxygens (including phenoxy) is 1. The van der Waals surface area contributed by atoms with Crippen molar-refractivity contribution in [3.8, 4) is 0 Å². The molecular weight excluding hydrogens is 164 g/mol. The fourth-order valence-electron chi connectivity index (χ4n) is 0.700. The molecule has 0 aliphatic rings. The van der Waals surface area contributed by atoms with Crippen LogP contribution >= 0.6 is 25.3 Å². The van der Waals surface area contributed by atoms with Crippen molar-refractivity contribution in [2.24, 2.45) is 0 Å². The zero-order chi connectivity index (χ0) is 7.82. The molecule has 0 amide bonds. The van der Waals surface area contributed by atoms with Crippen molar-refractivity contribution in [1.29, 1.82) is 0 Å². The van der Waals surface area contributed by atoms with Crippen molar-refractivity contribution < 1.29 is 4.74 Å². The van der Waals surface area contributed by atoms with Gasteiger partial charge in [-0.3, -0.25) is 0 Å². The maximum absolute atomic E-state index is 5.24. The Balaban J connectivity index is 2.97. The predicted molar refractivity (Wildman–Crippen MR) is 52.4 cm³/mol. The average Bonchev–Trinajstić information content (AvgIpc) is 1.89. The SMILES string of the molecule is CCCC(S)COCCS. The smallest absolute Gasteiger partial charge is 0.0582 e. The van der Waals surface area contributed by atoms with E-state index < -0.39 is 0 Å². The van der Waals surface area contributed by atoms with Crippen LogP contribution in [0.5, 0.6) is 0 Å². The molecule has 1 atom stereocenters. The molecule has 0 fully saturated rings. The highest BCUT2D eigenvalue weighted by Crippen LogP contribution is 2.04. The van der Waals surface area contributed by atoms with Crippen LogP contribution < -0.4 is 0 Å². The molecule has 0 heterocycles. The van der Waals surface area contributed by atoms with Gasteiger partial charge in [0, 0.05) is 11.0 Å². The Kier molecular flexibility index (Phi) is 8.28. The fourth-order valence-corrected chi connectivity index (χ4v) is 1.19. The number of hydrogen-bond acceptors (Lipinski definition) is 3. The van der Waals surface area contributed by atoms with Gasteiger partial charge in [-0.15, -0.1) is 0 Å². The first kappa shape index (κ1) is 10.7. The number of rotatable bonds is 6. The summed E-state index contributed by atoms with van der Waals surface area (Å²) in [4.78, 5) is 0. The van der Waals surface area contributed by atoms with Gasteiger partial charge in [-0.05, 0) is 6.42 Å². The Morgan fingerprint density at radius 1 is 1.50 bits per heavy atom. The van der Waals surface area contributed by atoms with E-state index in [-0.39, 0.29) is 0 Å². The van der Waals surface area contributed by atoms with Crippen LogP contribution in [0.3, 0.4) is 0 Å². The quantitative estimate of drug-likeness (QED) is 0.470. The second kappa shape index (κ2) is 7.76. The van der Waals surface area contributed by atoms with E-state index in [0.717, 1.165) is 25.4 Å². The molecule has 0 radical (unpaired) electrons. The van der Waals surface area contributed by atoms with Gasteiger partial charge >= 0.3 is 0 Å². The van der Waals surface area contributed by atoms with Gasteiger partial charge in [0.05, 0.1) is 13.2 Å². The zero-order valence-corrected chi connectivity index (χ0v) is 8.20. The molecule has 0 spiro atoms. The summed E-state index contributed by atoms with van der Waals surface area (Å²) < 4.78 is 5.24. The molecule has 0 saturated carbocycles. The predicted octanol–water partition coefficient (Wildman–Crippen LogP) is 2.03. The van der Waals surface area contributed by atoms with Crippen molar-refractivity contribution in [1.82, 2.24) is 0 Å². The standard InChI is InChI=1S/C7H16OS2/c1-2-3-7(10)6-8-4-5-9/h7,9-10H,2-6H2,1H3. The summed E-state index contributed by atoms with van der Waals surface area (Å²) in [7, 11) is 0. The first-order chi connectivity index (χ1) is 4.81. The van der Waals surface area contributed by atoms with Crippen LogP contribution in [-0.2, 0) is 4.74 Å². The molecule has 0 aliphatic heterocycles. The highest BCUT2D eigenvalue weighted by atomic mass is 32.1. The van der Waals surface area contributed by atoms with Crippen LogP contribution in [0.2, 0.25) is 0 Å². The molecule has 1 unspecified atom stereocenters. The molecule has 3 heteroatoms. The molecule has 1 nitrogen and oxygen atoms in total. The summed E-state index contributed by atoms with van der Waals surface area (Å²) in [5.41, 5.74) is 0. The van der Waals surface area contributed by atoms with E-state index in [9.17, 15) is 0 Å². The lowest BCUT2D eigenvalue weighted by Crippen LogP contribution is -2.09. The summed E-state index contributed by atoms with van der Waals surface area (Å²) in [6, 6.07) is 0. The Morgan fingerprint density at radius 2 is 2.20 bits per heavy atom. The Morgan fingerprint density at radius 3 is 2.70 bits per heavy atom. The van der Waals surface area contributed by atoms with Crippen LogP contribution in [0.25, 0.3) is 0 Å². The topological polar surface area (TPSA) is 9.23 Å². The lowest BCUT2D eigenvalue weighted by atomic mass is 10.2. The first-order valence-corrected chi connectivity index (χ1v) is 4.82. The molecule has 0 aromatic rings. The van der Waals surface area contributed by atoms with Gasteiger partial charge in [0.1, 0.15) is 0 Å². The minimum atomic E-state index is 0.407. The van der Waals surface area contributed by atoms with Gasteiger partial charge in [0.2, 0.25) is 0 Å². The Labute approximate surface area is 74.4 Å². The van der Waals surface area contributed by atoms with Crippen LogP contribution in [-0.4, -0.2) is 24.2 Å². The summed E-state index contributed by atoms with van der Waals surface area (Å²) in [6.07, 6.45) is 2.31. The van der Waals surface area contributed by atoms with Crippen molar-refractivity contribution in [3.63, 3.8) is 0 Å². The molecular formula is C7H16OS2. The van der Waals surface area contributed by atoms with Crippen LogP contribution in [0.1, 0.15) is 19.8 Å². The van der Waals surface area contributed by atoms with Crippen LogP contribution in [0, 0.1) is 0 Å². The van der Waals surface area contributed by atoms with E-state index in [4.69, 9.17) is 4.74 Å². The van der Waals surface area contributed by atoms with Crippen molar-refractivity contribution in [3.05, 3.63) is 0 Å². The first-order valence-electron chi connectivity index (χ1n) is 3.68. The van der Waals surface area contributed by atoms with E-state index in [1.54, 1.807) is 0 Å². The van der Waals surface area contributed by atoms with Gasteiger partial charge in [0.15, 0.2) is 0 Å². The minimum Gasteiger partial charge on any atom is -0.379 e. The molecule has 0 bridgehead atoms. The van der Waals surface area contributed by atoms with Crippen molar-refractivity contribution >= 4 is 25.3 Å². The fraction of sp³-hybridized carbons (Fsp3) is 1.00. The van der Waals surface area contributed by atoms with Gasteiger partial charge in [0.25, 0.3) is 0 Å². The molecule has 0 aromatic carbocycles. The molecule has 0 rings (SSSR count). The summed E-state index contributed by atoms with van der Waals surface area (Å²) in [6.45, 7) is 3.66. The molecule has 62 valence electrons. The van der Waals surface area contributed by atoms with Gasteiger partial charge < -0.3 is 4.74 Å². The van der Waals surface area contributed by atoms with Crippen LogP contribution in [0.4, 0.5) is 0 Å². The molecule has 0 aromatic heterocycles. The normalized spacial score (nSPS) is 13.5. The third-order valence-electron chi connectivity index (χ3n) is 1.17. The Bertz CT molecular complexity index is 68.6. The Hall–Kier alpha value is 0.660. The second-order valence-corrected chi connectivity index (χ2v) is 3.42. The lowest BCUT2D eigenvalue weighted by Gasteiger charge is -2.08. The second-order valence-electron chi connectivity index (χ2n) is 2.24. The van der Waals surface area contributed by atoms with E-state index >= 15 is 0 Å². The highest BCUT2D eigenvalue weighted by molar-refractivity contribution is 7.81. The van der Waals surface area contributed by atoms with E-state index in [1.807, 2.05) is 0 Å². The van der Waals surface area contributed by atoms with Crippen molar-refractivity contribution in [2.45, 2.75) is 25.0 Å². The lowest BCUT2D eigenvalue weighted by molar-refractivity contribution is 0.150. The van der Waals surface area contributed by atoms with E-state index in [1.165, 1.54) is 6.42 Å². The minimum absolute atomic E-state index is 0.407. The molecule has 0 saturated heterocycles. The van der Waals surface area contributed by atoms with Crippen molar-refractivity contribution in [2.75, 3.05) is 19.0 Å². The molecule has 10 heavy (non-hydrogen) atoms. The summed E-state index contributed by atoms with van der Waals surface area (Å²) >= 11 is 8.36. The number of thiol groups is 2. The maximum atomic E-state index is 5.24. The summed E-state index contributed by atoms with van der Waals surface area (Å²) in [5, 5.41) is 0.407. The molecule has 0 N–H and O–H groups in total. The average molecular weight is 180 g/mol. The van der Waals surface area contributed by atoms with Crippen LogP contribution in [0.15, 0.2) is 0 Å². The third kappa shape index (κ3) is 6.78. The summed E-state index contributed by atoms with van der Waals surface area (Å²) in [5.74, 6) is 0.798. The maximum Gasteiger partial charge on any atom is 0.0582 e.